The lowest BCUT2D eigenvalue weighted by atomic mass is 10.2. The van der Waals surface area contributed by atoms with Gasteiger partial charge in [-0.1, -0.05) is 17.7 Å². The monoisotopic (exact) mass is 155 g/mol. The van der Waals surface area contributed by atoms with Crippen molar-refractivity contribution in [2.45, 2.75) is 6.42 Å². The average molecular weight is 156 g/mol. The number of benzene rings is 1. The van der Waals surface area contributed by atoms with Crippen LogP contribution < -0.4 is 0 Å². The van der Waals surface area contributed by atoms with E-state index in [1.54, 1.807) is 18.2 Å². The van der Waals surface area contributed by atoms with Crippen molar-refractivity contribution < 1.29 is 5.11 Å². The van der Waals surface area contributed by atoms with Gasteiger partial charge in [0.2, 0.25) is 0 Å². The van der Waals surface area contributed by atoms with E-state index in [0.717, 1.165) is 5.56 Å². The van der Waals surface area contributed by atoms with E-state index in [9.17, 15) is 0 Å². The van der Waals surface area contributed by atoms with Crippen molar-refractivity contribution >= 4 is 11.6 Å². The summed E-state index contributed by atoms with van der Waals surface area (Å²) in [6, 6.07) is 5.08. The molecule has 1 radical (unpaired) electrons. The van der Waals surface area contributed by atoms with E-state index in [0.29, 0.717) is 11.4 Å². The molecule has 0 aliphatic heterocycles. The van der Waals surface area contributed by atoms with E-state index >= 15 is 0 Å². The van der Waals surface area contributed by atoms with Crippen LogP contribution in [0.2, 0.25) is 5.02 Å². The molecule has 0 fully saturated rings. The Kier molecular flexibility index (Phi) is 2.17. The maximum atomic E-state index is 8.99. The Morgan fingerprint density at radius 1 is 1.50 bits per heavy atom. The Bertz CT molecular complexity index is 233. The van der Waals surface area contributed by atoms with Crippen LogP contribution in [0.15, 0.2) is 18.2 Å². The SMILES string of the molecule is [CH2]Cc1ccc(O)c(Cl)c1. The first-order chi connectivity index (χ1) is 4.74. The standard InChI is InChI=1S/C8H8ClO/c1-2-6-3-4-8(10)7(9)5-6/h3-5,10H,1-2H2. The summed E-state index contributed by atoms with van der Waals surface area (Å²) in [6.07, 6.45) is 0.694. The average Bonchev–Trinajstić information content (AvgIpc) is 1.95. The summed E-state index contributed by atoms with van der Waals surface area (Å²) in [6.45, 7) is 3.69. The van der Waals surface area contributed by atoms with Crippen molar-refractivity contribution in [2.75, 3.05) is 0 Å². The molecule has 53 valence electrons. The van der Waals surface area contributed by atoms with Crippen LogP contribution in [0.25, 0.3) is 0 Å². The van der Waals surface area contributed by atoms with Gasteiger partial charge in [-0.15, -0.1) is 0 Å². The van der Waals surface area contributed by atoms with Crippen LogP contribution in [0.5, 0.6) is 5.75 Å². The highest BCUT2D eigenvalue weighted by Crippen LogP contribution is 2.23. The normalized spacial score (nSPS) is 9.80. The van der Waals surface area contributed by atoms with Gasteiger partial charge in [0.15, 0.2) is 0 Å². The summed E-state index contributed by atoms with van der Waals surface area (Å²) < 4.78 is 0. The van der Waals surface area contributed by atoms with Gasteiger partial charge in [-0.05, 0) is 31.0 Å². The fraction of sp³-hybridized carbons (Fsp3) is 0.125. The van der Waals surface area contributed by atoms with E-state index in [-0.39, 0.29) is 5.75 Å². The molecule has 0 saturated carbocycles. The van der Waals surface area contributed by atoms with E-state index in [2.05, 4.69) is 6.92 Å². The second kappa shape index (κ2) is 2.93. The zero-order valence-corrected chi connectivity index (χ0v) is 6.23. The number of aromatic hydroxyl groups is 1. The third-order valence-corrected chi connectivity index (χ3v) is 1.60. The van der Waals surface area contributed by atoms with Crippen LogP contribution in [0.4, 0.5) is 0 Å². The fourth-order valence-corrected chi connectivity index (χ4v) is 0.909. The number of phenols is 1. The lowest BCUT2D eigenvalue weighted by molar-refractivity contribution is 0.475. The van der Waals surface area contributed by atoms with Crippen LogP contribution in [0.1, 0.15) is 5.56 Å². The van der Waals surface area contributed by atoms with E-state index in [1.165, 1.54) is 0 Å². The molecule has 1 aromatic carbocycles. The van der Waals surface area contributed by atoms with E-state index in [1.807, 2.05) is 0 Å². The molecule has 0 amide bonds. The maximum absolute atomic E-state index is 8.99. The zero-order chi connectivity index (χ0) is 7.56. The third-order valence-electron chi connectivity index (χ3n) is 1.30. The minimum atomic E-state index is 0.124. The molecule has 1 rings (SSSR count). The smallest absolute Gasteiger partial charge is 0.134 e. The number of halogens is 1. The molecule has 0 aliphatic carbocycles. The van der Waals surface area contributed by atoms with Crippen molar-refractivity contribution in [1.82, 2.24) is 0 Å². The highest BCUT2D eigenvalue weighted by atomic mass is 35.5. The minimum Gasteiger partial charge on any atom is -0.506 e. The molecule has 0 aliphatic rings. The van der Waals surface area contributed by atoms with Gasteiger partial charge in [0, 0.05) is 0 Å². The molecular formula is C8H8ClO. The molecule has 0 unspecified atom stereocenters. The summed E-state index contributed by atoms with van der Waals surface area (Å²) in [4.78, 5) is 0. The van der Waals surface area contributed by atoms with Crippen molar-refractivity contribution in [3.05, 3.63) is 35.7 Å². The summed E-state index contributed by atoms with van der Waals surface area (Å²) in [5, 5.41) is 9.38. The van der Waals surface area contributed by atoms with Crippen LogP contribution in [-0.4, -0.2) is 5.11 Å². The lowest BCUT2D eigenvalue weighted by Gasteiger charge is -1.98. The molecule has 0 aromatic heterocycles. The van der Waals surface area contributed by atoms with Gasteiger partial charge < -0.3 is 5.11 Å². The van der Waals surface area contributed by atoms with Gasteiger partial charge in [0.05, 0.1) is 5.02 Å². The van der Waals surface area contributed by atoms with Gasteiger partial charge in [0.25, 0.3) is 0 Å². The molecule has 1 nitrogen and oxygen atoms in total. The first-order valence-corrected chi connectivity index (χ1v) is 3.38. The highest BCUT2D eigenvalue weighted by Gasteiger charge is 1.96. The molecule has 0 saturated heterocycles. The van der Waals surface area contributed by atoms with Crippen molar-refractivity contribution in [2.24, 2.45) is 0 Å². The maximum Gasteiger partial charge on any atom is 0.134 e. The Morgan fingerprint density at radius 3 is 2.70 bits per heavy atom. The number of hydrogen-bond donors (Lipinski definition) is 1. The second-order valence-corrected chi connectivity index (χ2v) is 2.44. The summed E-state index contributed by atoms with van der Waals surface area (Å²) in [5.41, 5.74) is 1.03. The Morgan fingerprint density at radius 2 is 2.20 bits per heavy atom. The summed E-state index contributed by atoms with van der Waals surface area (Å²) in [7, 11) is 0. The van der Waals surface area contributed by atoms with Gasteiger partial charge in [-0.3, -0.25) is 0 Å². The van der Waals surface area contributed by atoms with Crippen LogP contribution in [0.3, 0.4) is 0 Å². The van der Waals surface area contributed by atoms with Crippen LogP contribution in [-0.2, 0) is 6.42 Å². The van der Waals surface area contributed by atoms with Crippen molar-refractivity contribution in [1.29, 1.82) is 0 Å². The minimum absolute atomic E-state index is 0.124. The van der Waals surface area contributed by atoms with E-state index < -0.39 is 0 Å². The quantitative estimate of drug-likeness (QED) is 0.661. The summed E-state index contributed by atoms with van der Waals surface area (Å²) >= 11 is 5.61. The number of phenolic OH excluding ortho intramolecular Hbond substituents is 1. The molecule has 0 bridgehead atoms. The summed E-state index contributed by atoms with van der Waals surface area (Å²) in [5.74, 6) is 0.124. The molecule has 0 atom stereocenters. The molecule has 1 N–H and O–H groups in total. The molecular weight excluding hydrogens is 148 g/mol. The van der Waals surface area contributed by atoms with Gasteiger partial charge in [-0.25, -0.2) is 0 Å². The van der Waals surface area contributed by atoms with Gasteiger partial charge >= 0.3 is 0 Å². The number of rotatable bonds is 1. The Labute approximate surface area is 65.3 Å². The molecule has 0 heterocycles. The predicted octanol–water partition coefficient (Wildman–Crippen LogP) is 2.42. The third kappa shape index (κ3) is 1.42. The Balaban J connectivity index is 3.04. The first kappa shape index (κ1) is 7.42. The second-order valence-electron chi connectivity index (χ2n) is 2.04. The van der Waals surface area contributed by atoms with Crippen LogP contribution in [0, 0.1) is 6.92 Å². The van der Waals surface area contributed by atoms with Gasteiger partial charge in [-0.2, -0.15) is 0 Å². The van der Waals surface area contributed by atoms with E-state index in [4.69, 9.17) is 16.7 Å². The fourth-order valence-electron chi connectivity index (χ4n) is 0.706. The molecule has 2 heteroatoms. The van der Waals surface area contributed by atoms with Crippen LogP contribution >= 0.6 is 11.6 Å². The zero-order valence-electron chi connectivity index (χ0n) is 5.47. The highest BCUT2D eigenvalue weighted by molar-refractivity contribution is 6.32. The molecule has 1 aromatic rings. The largest absolute Gasteiger partial charge is 0.506 e. The van der Waals surface area contributed by atoms with Crippen molar-refractivity contribution in [3.63, 3.8) is 0 Å². The molecule has 0 spiro atoms. The lowest BCUT2D eigenvalue weighted by Crippen LogP contribution is -1.78. The van der Waals surface area contributed by atoms with Crippen molar-refractivity contribution in [3.8, 4) is 5.75 Å². The predicted molar refractivity (Wildman–Crippen MR) is 42.2 cm³/mol. The topological polar surface area (TPSA) is 20.2 Å². The Hall–Kier alpha value is -0.690. The molecule has 10 heavy (non-hydrogen) atoms. The first-order valence-electron chi connectivity index (χ1n) is 3.00. The number of hydrogen-bond acceptors (Lipinski definition) is 1. The van der Waals surface area contributed by atoms with Gasteiger partial charge in [0.1, 0.15) is 5.75 Å².